The number of carbonyl (C=O) groups is 1. The molecule has 3 nitrogen and oxygen atoms in total. The highest BCUT2D eigenvalue weighted by atomic mass is 32.2. The van der Waals surface area contributed by atoms with E-state index in [1.807, 2.05) is 26.8 Å². The van der Waals surface area contributed by atoms with E-state index in [4.69, 9.17) is 16.6 Å². The van der Waals surface area contributed by atoms with Gasteiger partial charge in [0, 0.05) is 11.6 Å². The van der Waals surface area contributed by atoms with Gasteiger partial charge in [-0.15, -0.1) is 0 Å². The smallest absolute Gasteiger partial charge is 0.266 e. The Morgan fingerprint density at radius 2 is 2.18 bits per heavy atom. The standard InChI is InChI=1S/C12H13NO2S2/c1-12(2,3)13-10(14)9(17-11(13)16)7-8-5-4-6-15-8/h4-7H,1-3H3/b9-7+. The first-order valence-corrected chi connectivity index (χ1v) is 6.43. The number of thiocarbonyl (C=S) groups is 1. The second kappa shape index (κ2) is 4.31. The van der Waals surface area contributed by atoms with Crippen molar-refractivity contribution in [1.29, 1.82) is 0 Å². The summed E-state index contributed by atoms with van der Waals surface area (Å²) in [4.78, 5) is 14.4. The zero-order valence-electron chi connectivity index (χ0n) is 9.89. The number of nitrogens with zero attached hydrogens (tertiary/aromatic N) is 1. The van der Waals surface area contributed by atoms with Gasteiger partial charge in [-0.05, 0) is 32.9 Å². The second-order valence-electron chi connectivity index (χ2n) is 4.70. The summed E-state index contributed by atoms with van der Waals surface area (Å²) >= 11 is 6.55. The third kappa shape index (κ3) is 2.45. The minimum atomic E-state index is -0.292. The third-order valence-electron chi connectivity index (χ3n) is 2.28. The van der Waals surface area contributed by atoms with E-state index in [1.54, 1.807) is 23.3 Å². The monoisotopic (exact) mass is 267 g/mol. The van der Waals surface area contributed by atoms with E-state index in [0.717, 1.165) is 0 Å². The summed E-state index contributed by atoms with van der Waals surface area (Å²) in [6.45, 7) is 5.90. The van der Waals surface area contributed by atoms with E-state index in [0.29, 0.717) is 15.0 Å². The Balaban J connectivity index is 2.31. The molecule has 0 atom stereocenters. The molecule has 0 spiro atoms. The molecule has 17 heavy (non-hydrogen) atoms. The zero-order valence-corrected chi connectivity index (χ0v) is 11.5. The van der Waals surface area contributed by atoms with Crippen molar-refractivity contribution >= 4 is 40.3 Å². The lowest BCUT2D eigenvalue weighted by molar-refractivity contribution is -0.125. The third-order valence-corrected chi connectivity index (χ3v) is 3.58. The summed E-state index contributed by atoms with van der Waals surface area (Å²) in [5.41, 5.74) is -0.292. The summed E-state index contributed by atoms with van der Waals surface area (Å²) in [6, 6.07) is 3.60. The molecule has 1 aromatic heterocycles. The predicted molar refractivity (Wildman–Crippen MR) is 73.5 cm³/mol. The number of hydrogen-bond donors (Lipinski definition) is 0. The van der Waals surface area contributed by atoms with Gasteiger partial charge in [0.1, 0.15) is 10.1 Å². The van der Waals surface area contributed by atoms with Gasteiger partial charge < -0.3 is 4.42 Å². The van der Waals surface area contributed by atoms with Crippen molar-refractivity contribution in [3.8, 4) is 0 Å². The molecule has 0 aliphatic carbocycles. The Kier molecular flexibility index (Phi) is 3.14. The molecule has 1 aliphatic heterocycles. The first kappa shape index (κ1) is 12.4. The van der Waals surface area contributed by atoms with Gasteiger partial charge in [0.15, 0.2) is 0 Å². The Hall–Kier alpha value is -1.07. The van der Waals surface area contributed by atoms with Gasteiger partial charge in [-0.25, -0.2) is 0 Å². The first-order chi connectivity index (χ1) is 7.89. The molecular weight excluding hydrogens is 254 g/mol. The van der Waals surface area contributed by atoms with Crippen molar-refractivity contribution in [1.82, 2.24) is 4.90 Å². The van der Waals surface area contributed by atoms with Crippen LogP contribution in [-0.2, 0) is 4.79 Å². The van der Waals surface area contributed by atoms with Crippen LogP contribution in [0.1, 0.15) is 26.5 Å². The fourth-order valence-electron chi connectivity index (χ4n) is 1.55. The van der Waals surface area contributed by atoms with Gasteiger partial charge >= 0.3 is 0 Å². The number of rotatable bonds is 1. The largest absolute Gasteiger partial charge is 0.465 e. The summed E-state index contributed by atoms with van der Waals surface area (Å²) < 4.78 is 5.79. The highest BCUT2D eigenvalue weighted by Crippen LogP contribution is 2.36. The molecular formula is C12H13NO2S2. The molecule has 1 aromatic rings. The number of hydrogen-bond acceptors (Lipinski definition) is 4. The minimum Gasteiger partial charge on any atom is -0.465 e. The number of carbonyl (C=O) groups excluding carboxylic acids is 1. The molecule has 1 saturated heterocycles. The average molecular weight is 267 g/mol. The van der Waals surface area contributed by atoms with Crippen molar-refractivity contribution in [3.05, 3.63) is 29.1 Å². The van der Waals surface area contributed by atoms with Gasteiger partial charge in [0.05, 0.1) is 11.2 Å². The molecule has 0 unspecified atom stereocenters. The molecule has 1 amide bonds. The average Bonchev–Trinajstić information content (AvgIpc) is 2.75. The molecule has 0 N–H and O–H groups in total. The summed E-state index contributed by atoms with van der Waals surface area (Å²) in [7, 11) is 0. The van der Waals surface area contributed by atoms with Crippen LogP contribution < -0.4 is 0 Å². The second-order valence-corrected chi connectivity index (χ2v) is 6.38. The van der Waals surface area contributed by atoms with Gasteiger partial charge in [0.2, 0.25) is 0 Å². The SMILES string of the molecule is CC(C)(C)N1C(=O)/C(=C\c2ccco2)SC1=S. The van der Waals surface area contributed by atoms with E-state index in [-0.39, 0.29) is 11.4 Å². The number of furan rings is 1. The highest BCUT2D eigenvalue weighted by Gasteiger charge is 2.39. The maximum Gasteiger partial charge on any atom is 0.266 e. The lowest BCUT2D eigenvalue weighted by atomic mass is 10.1. The lowest BCUT2D eigenvalue weighted by Crippen LogP contribution is -2.44. The van der Waals surface area contributed by atoms with E-state index < -0.39 is 0 Å². The van der Waals surface area contributed by atoms with Crippen molar-refractivity contribution in [2.24, 2.45) is 0 Å². The van der Waals surface area contributed by atoms with Gasteiger partial charge in [-0.1, -0.05) is 24.0 Å². The van der Waals surface area contributed by atoms with Crippen LogP contribution in [0.2, 0.25) is 0 Å². The molecule has 0 bridgehead atoms. The fraction of sp³-hybridized carbons (Fsp3) is 0.333. The molecule has 90 valence electrons. The normalized spacial score (nSPS) is 19.5. The topological polar surface area (TPSA) is 33.5 Å². The maximum atomic E-state index is 12.2. The molecule has 1 aliphatic rings. The maximum absolute atomic E-state index is 12.2. The molecule has 0 aromatic carbocycles. The van der Waals surface area contributed by atoms with Gasteiger partial charge in [0.25, 0.3) is 5.91 Å². The summed E-state index contributed by atoms with van der Waals surface area (Å²) in [5, 5.41) is 0. The minimum absolute atomic E-state index is 0.0519. The Bertz CT molecular complexity index is 483. The Morgan fingerprint density at radius 1 is 1.47 bits per heavy atom. The Labute approximate surface area is 110 Å². The lowest BCUT2D eigenvalue weighted by Gasteiger charge is -2.30. The molecule has 5 heteroatoms. The van der Waals surface area contributed by atoms with Crippen LogP contribution in [0.3, 0.4) is 0 Å². The van der Waals surface area contributed by atoms with Crippen LogP contribution in [0.25, 0.3) is 6.08 Å². The van der Waals surface area contributed by atoms with Crippen molar-refractivity contribution < 1.29 is 9.21 Å². The van der Waals surface area contributed by atoms with Crippen molar-refractivity contribution in [2.45, 2.75) is 26.3 Å². The quantitative estimate of drug-likeness (QED) is 0.577. The molecule has 2 heterocycles. The number of thioether (sulfide) groups is 1. The van der Waals surface area contributed by atoms with Crippen LogP contribution in [0.5, 0.6) is 0 Å². The van der Waals surface area contributed by atoms with Crippen LogP contribution in [0.4, 0.5) is 0 Å². The van der Waals surface area contributed by atoms with Crippen molar-refractivity contribution in [3.63, 3.8) is 0 Å². The van der Waals surface area contributed by atoms with Crippen molar-refractivity contribution in [2.75, 3.05) is 0 Å². The highest BCUT2D eigenvalue weighted by molar-refractivity contribution is 8.26. The fourth-order valence-corrected chi connectivity index (χ4v) is 3.16. The van der Waals surface area contributed by atoms with Crippen LogP contribution in [0, 0.1) is 0 Å². The molecule has 2 rings (SSSR count). The van der Waals surface area contributed by atoms with E-state index in [9.17, 15) is 4.79 Å². The molecule has 0 radical (unpaired) electrons. The molecule has 0 saturated carbocycles. The van der Waals surface area contributed by atoms with E-state index >= 15 is 0 Å². The van der Waals surface area contributed by atoms with Crippen LogP contribution in [0.15, 0.2) is 27.7 Å². The van der Waals surface area contributed by atoms with Crippen LogP contribution >= 0.6 is 24.0 Å². The summed E-state index contributed by atoms with van der Waals surface area (Å²) in [5.74, 6) is 0.614. The zero-order chi connectivity index (χ0) is 12.6. The molecule has 1 fully saturated rings. The van der Waals surface area contributed by atoms with E-state index in [2.05, 4.69) is 0 Å². The van der Waals surface area contributed by atoms with E-state index in [1.165, 1.54) is 11.8 Å². The predicted octanol–water partition coefficient (Wildman–Crippen LogP) is 3.28. The first-order valence-electron chi connectivity index (χ1n) is 5.21. The van der Waals surface area contributed by atoms with Gasteiger partial charge in [-0.2, -0.15) is 0 Å². The number of amides is 1. The Morgan fingerprint density at radius 3 is 2.65 bits per heavy atom. The summed E-state index contributed by atoms with van der Waals surface area (Å²) in [6.07, 6.45) is 3.31. The van der Waals surface area contributed by atoms with Crippen LogP contribution in [-0.4, -0.2) is 20.7 Å². The van der Waals surface area contributed by atoms with Gasteiger partial charge in [-0.3, -0.25) is 9.69 Å².